The molecule has 1 saturated heterocycles. The van der Waals surface area contributed by atoms with E-state index in [9.17, 15) is 14.4 Å². The van der Waals surface area contributed by atoms with E-state index in [1.54, 1.807) is 24.7 Å². The Kier molecular flexibility index (Phi) is 6.85. The fraction of sp³-hybridized carbons (Fsp3) is 0.200. The molecule has 0 aliphatic carbocycles. The molecule has 2 heterocycles. The Bertz CT molecular complexity index is 1360. The van der Waals surface area contributed by atoms with E-state index in [1.165, 1.54) is 15.1 Å². The summed E-state index contributed by atoms with van der Waals surface area (Å²) in [6, 6.07) is 17.1. The maximum Gasteiger partial charge on any atom is 0.295 e. The largest absolute Gasteiger partial charge is 0.318 e. The van der Waals surface area contributed by atoms with Gasteiger partial charge in [0.2, 0.25) is 5.91 Å². The number of rotatable bonds is 6. The Hall–Kier alpha value is -3.43. The molecule has 1 aliphatic rings. The van der Waals surface area contributed by atoms with Crippen LogP contribution in [0.25, 0.3) is 11.8 Å². The lowest BCUT2D eigenvalue weighted by molar-refractivity contribution is -0.126. The Morgan fingerprint density at radius 1 is 1.09 bits per heavy atom. The molecule has 174 valence electrons. The number of nitrogens with zero attached hydrogens (tertiary/aromatic N) is 3. The fourth-order valence-electron chi connectivity index (χ4n) is 3.67. The third kappa shape index (κ3) is 4.62. The zero-order valence-electron chi connectivity index (χ0n) is 19.1. The summed E-state index contributed by atoms with van der Waals surface area (Å²) < 4.78 is 3.47. The van der Waals surface area contributed by atoms with Crippen molar-refractivity contribution in [2.75, 3.05) is 11.9 Å². The lowest BCUT2D eigenvalue weighted by Gasteiger charge is -2.13. The van der Waals surface area contributed by atoms with E-state index < -0.39 is 5.91 Å². The Balaban J connectivity index is 1.50. The van der Waals surface area contributed by atoms with E-state index in [2.05, 4.69) is 12.2 Å². The van der Waals surface area contributed by atoms with Gasteiger partial charge in [0.05, 0.1) is 16.3 Å². The molecule has 3 aromatic rings. The maximum atomic E-state index is 13.0. The molecule has 9 heteroatoms. The normalized spacial score (nSPS) is 14.8. The third-order valence-electron chi connectivity index (χ3n) is 5.68. The minimum absolute atomic E-state index is 0.174. The summed E-state index contributed by atoms with van der Waals surface area (Å²) >= 11 is 6.51. The monoisotopic (exact) mass is 492 g/mol. The van der Waals surface area contributed by atoms with Crippen molar-refractivity contribution >= 4 is 51.9 Å². The van der Waals surface area contributed by atoms with E-state index in [0.717, 1.165) is 23.7 Å². The van der Waals surface area contributed by atoms with Gasteiger partial charge in [0.15, 0.2) is 0 Å². The number of amides is 2. The first-order chi connectivity index (χ1) is 16.3. The SMILES string of the molecule is CCc1ccc(/C=C2\SC(=S)N(CC(=O)Nc3c(C)n(C)n(-c4ccccc4)c3=O)C2=O)cc1. The topological polar surface area (TPSA) is 76.3 Å². The highest BCUT2D eigenvalue weighted by Gasteiger charge is 2.33. The van der Waals surface area contributed by atoms with E-state index in [4.69, 9.17) is 12.2 Å². The molecule has 0 saturated carbocycles. The van der Waals surface area contributed by atoms with Crippen LogP contribution in [0.3, 0.4) is 0 Å². The summed E-state index contributed by atoms with van der Waals surface area (Å²) in [5.74, 6) is -0.813. The fourth-order valence-corrected chi connectivity index (χ4v) is 4.93. The van der Waals surface area contributed by atoms with Crippen molar-refractivity contribution in [3.05, 3.63) is 86.7 Å². The van der Waals surface area contributed by atoms with Gasteiger partial charge >= 0.3 is 0 Å². The summed E-state index contributed by atoms with van der Waals surface area (Å²) in [4.78, 5) is 40.5. The molecule has 2 amide bonds. The zero-order valence-corrected chi connectivity index (χ0v) is 20.7. The number of carbonyl (C=O) groups excluding carboxylic acids is 2. The van der Waals surface area contributed by atoms with Crippen molar-refractivity contribution in [3.8, 4) is 5.69 Å². The number of hydrogen-bond donors (Lipinski definition) is 1. The first-order valence-corrected chi connectivity index (χ1v) is 12.0. The van der Waals surface area contributed by atoms with E-state index >= 15 is 0 Å². The number of carbonyl (C=O) groups is 2. The van der Waals surface area contributed by atoms with Crippen molar-refractivity contribution in [2.24, 2.45) is 7.05 Å². The molecule has 4 rings (SSSR count). The Labute approximate surface area is 207 Å². The van der Waals surface area contributed by atoms with Crippen LogP contribution in [0.4, 0.5) is 5.69 Å². The summed E-state index contributed by atoms with van der Waals surface area (Å²) in [5.41, 5.74) is 3.22. The quantitative estimate of drug-likeness (QED) is 0.417. The van der Waals surface area contributed by atoms with Crippen LogP contribution in [0.15, 0.2) is 64.3 Å². The number of para-hydroxylation sites is 1. The molecule has 0 radical (unpaired) electrons. The van der Waals surface area contributed by atoms with Gasteiger partial charge in [-0.3, -0.25) is 24.0 Å². The van der Waals surface area contributed by atoms with Crippen LogP contribution in [0, 0.1) is 6.92 Å². The number of nitrogens with one attached hydrogen (secondary N) is 1. The van der Waals surface area contributed by atoms with Gasteiger partial charge in [0.1, 0.15) is 16.6 Å². The number of hydrogen-bond acceptors (Lipinski definition) is 5. The Morgan fingerprint density at radius 2 is 1.76 bits per heavy atom. The van der Waals surface area contributed by atoms with Gasteiger partial charge in [0.25, 0.3) is 11.5 Å². The summed E-state index contributed by atoms with van der Waals surface area (Å²) in [5, 5.41) is 2.68. The van der Waals surface area contributed by atoms with Gasteiger partial charge in [0, 0.05) is 7.05 Å². The number of thiocarbonyl (C=S) groups is 1. The van der Waals surface area contributed by atoms with Crippen molar-refractivity contribution < 1.29 is 9.59 Å². The van der Waals surface area contributed by atoms with Gasteiger partial charge in [-0.05, 0) is 42.7 Å². The van der Waals surface area contributed by atoms with Crippen LogP contribution < -0.4 is 10.9 Å². The van der Waals surface area contributed by atoms with Crippen LogP contribution in [0.2, 0.25) is 0 Å². The Morgan fingerprint density at radius 3 is 2.41 bits per heavy atom. The van der Waals surface area contributed by atoms with Crippen LogP contribution >= 0.6 is 24.0 Å². The summed E-state index contributed by atoms with van der Waals surface area (Å²) in [7, 11) is 1.75. The highest BCUT2D eigenvalue weighted by atomic mass is 32.2. The molecule has 1 aromatic heterocycles. The van der Waals surface area contributed by atoms with E-state index in [0.29, 0.717) is 20.6 Å². The van der Waals surface area contributed by atoms with E-state index in [-0.39, 0.29) is 23.7 Å². The molecule has 34 heavy (non-hydrogen) atoms. The molecule has 2 aromatic carbocycles. The molecule has 7 nitrogen and oxygen atoms in total. The molecule has 0 spiro atoms. The molecule has 0 bridgehead atoms. The van der Waals surface area contributed by atoms with Crippen molar-refractivity contribution in [1.29, 1.82) is 0 Å². The minimum Gasteiger partial charge on any atom is -0.318 e. The average molecular weight is 493 g/mol. The minimum atomic E-state index is -0.490. The number of benzene rings is 2. The predicted molar refractivity (Wildman–Crippen MR) is 140 cm³/mol. The number of aromatic nitrogens is 2. The first-order valence-electron chi connectivity index (χ1n) is 10.8. The van der Waals surface area contributed by atoms with Gasteiger partial charge < -0.3 is 5.32 Å². The first kappa shape index (κ1) is 23.7. The molecular weight excluding hydrogens is 468 g/mol. The number of aryl methyl sites for hydroxylation is 1. The molecule has 0 unspecified atom stereocenters. The number of thioether (sulfide) groups is 1. The molecule has 1 aliphatic heterocycles. The average Bonchev–Trinajstić information content (AvgIpc) is 3.21. The van der Waals surface area contributed by atoms with Crippen molar-refractivity contribution in [2.45, 2.75) is 20.3 Å². The molecule has 1 fully saturated rings. The second-order valence-electron chi connectivity index (χ2n) is 7.85. The summed E-state index contributed by atoms with van der Waals surface area (Å²) in [6.07, 6.45) is 2.71. The smallest absolute Gasteiger partial charge is 0.295 e. The highest BCUT2D eigenvalue weighted by molar-refractivity contribution is 8.26. The van der Waals surface area contributed by atoms with E-state index in [1.807, 2.05) is 54.6 Å². The van der Waals surface area contributed by atoms with Crippen LogP contribution in [-0.4, -0.2) is 36.9 Å². The summed E-state index contributed by atoms with van der Waals surface area (Å²) in [6.45, 7) is 3.57. The standard InChI is InChI=1S/C25H24N4O3S2/c1-4-17-10-12-18(13-11-17)14-20-23(31)28(25(33)34-20)15-21(30)26-22-16(2)27(3)29(24(22)32)19-8-6-5-7-9-19/h5-14H,4,15H2,1-3H3,(H,26,30)/b20-14-. The van der Waals surface area contributed by atoms with Crippen molar-refractivity contribution in [3.63, 3.8) is 0 Å². The van der Waals surface area contributed by atoms with Crippen LogP contribution in [0.1, 0.15) is 23.7 Å². The van der Waals surface area contributed by atoms with Gasteiger partial charge in [-0.2, -0.15) is 0 Å². The van der Waals surface area contributed by atoms with Crippen LogP contribution in [0.5, 0.6) is 0 Å². The van der Waals surface area contributed by atoms with Crippen LogP contribution in [-0.2, 0) is 23.1 Å². The third-order valence-corrected chi connectivity index (χ3v) is 7.06. The predicted octanol–water partition coefficient (Wildman–Crippen LogP) is 3.89. The highest BCUT2D eigenvalue weighted by Crippen LogP contribution is 2.32. The molecular formula is C25H24N4O3S2. The molecule has 0 atom stereocenters. The van der Waals surface area contributed by atoms with Gasteiger partial charge in [-0.15, -0.1) is 0 Å². The number of anilines is 1. The van der Waals surface area contributed by atoms with Crippen molar-refractivity contribution in [1.82, 2.24) is 14.3 Å². The second-order valence-corrected chi connectivity index (χ2v) is 9.52. The lowest BCUT2D eigenvalue weighted by Crippen LogP contribution is -2.37. The van der Waals surface area contributed by atoms with Gasteiger partial charge in [-0.1, -0.05) is 73.4 Å². The maximum absolute atomic E-state index is 13.0. The lowest BCUT2D eigenvalue weighted by atomic mass is 10.1. The zero-order chi connectivity index (χ0) is 24.4. The second kappa shape index (κ2) is 9.82. The van der Waals surface area contributed by atoms with Gasteiger partial charge in [-0.25, -0.2) is 4.68 Å². The molecule has 1 N–H and O–H groups in total.